The summed E-state index contributed by atoms with van der Waals surface area (Å²) < 4.78 is 32.4. The first-order valence-corrected chi connectivity index (χ1v) is 8.26. The molecule has 3 rings (SSSR count). The molecule has 0 amide bonds. The predicted molar refractivity (Wildman–Crippen MR) is 88.8 cm³/mol. The lowest BCUT2D eigenvalue weighted by Gasteiger charge is -2.44. The van der Waals surface area contributed by atoms with E-state index in [1.807, 2.05) is 18.2 Å². The van der Waals surface area contributed by atoms with Gasteiger partial charge in [0.05, 0.1) is 18.8 Å². The van der Waals surface area contributed by atoms with Crippen molar-refractivity contribution in [2.24, 2.45) is 0 Å². The molecule has 5 heteroatoms. The second kappa shape index (κ2) is 7.36. The Hall–Kier alpha value is -1.85. The zero-order chi connectivity index (χ0) is 17.0. The first-order chi connectivity index (χ1) is 11.6. The maximum atomic E-state index is 13.9. The van der Waals surface area contributed by atoms with E-state index < -0.39 is 11.6 Å². The van der Waals surface area contributed by atoms with Crippen LogP contribution in [0.5, 0.6) is 0 Å². The van der Waals surface area contributed by atoms with Gasteiger partial charge in [0, 0.05) is 24.0 Å². The smallest absolute Gasteiger partial charge is 0.129 e. The maximum Gasteiger partial charge on any atom is 0.129 e. The van der Waals surface area contributed by atoms with Crippen LogP contribution in [0.2, 0.25) is 0 Å². The summed E-state index contributed by atoms with van der Waals surface area (Å²) in [6.45, 7) is 3.19. The topological polar surface area (TPSA) is 34.2 Å². The van der Waals surface area contributed by atoms with E-state index in [1.165, 1.54) is 12.1 Å². The molecular formula is C19H22F2N2O. The van der Waals surface area contributed by atoms with E-state index in [9.17, 15) is 8.78 Å². The van der Waals surface area contributed by atoms with Gasteiger partial charge in [-0.05, 0) is 49.9 Å². The van der Waals surface area contributed by atoms with E-state index in [4.69, 9.17) is 4.74 Å². The quantitative estimate of drug-likeness (QED) is 0.845. The summed E-state index contributed by atoms with van der Waals surface area (Å²) >= 11 is 0. The van der Waals surface area contributed by atoms with E-state index in [0.717, 1.165) is 24.6 Å². The molecule has 0 spiro atoms. The van der Waals surface area contributed by atoms with Gasteiger partial charge in [0.25, 0.3) is 0 Å². The minimum Gasteiger partial charge on any atom is -0.377 e. The minimum atomic E-state index is -0.549. The second-order valence-corrected chi connectivity index (χ2v) is 6.59. The van der Waals surface area contributed by atoms with Crippen molar-refractivity contribution in [2.45, 2.75) is 37.8 Å². The van der Waals surface area contributed by atoms with Gasteiger partial charge in [0.1, 0.15) is 11.6 Å². The Kier molecular flexibility index (Phi) is 5.21. The molecule has 2 heterocycles. The summed E-state index contributed by atoms with van der Waals surface area (Å²) in [4.78, 5) is 4.33. The molecule has 3 nitrogen and oxygen atoms in total. The Morgan fingerprint density at radius 1 is 1.25 bits per heavy atom. The molecule has 1 aromatic heterocycles. The molecule has 1 atom stereocenters. The monoisotopic (exact) mass is 332 g/mol. The molecule has 1 saturated heterocycles. The molecule has 1 fully saturated rings. The maximum absolute atomic E-state index is 13.9. The summed E-state index contributed by atoms with van der Waals surface area (Å²) in [7, 11) is 0. The van der Waals surface area contributed by atoms with Crippen molar-refractivity contribution in [3.05, 3.63) is 65.5 Å². The van der Waals surface area contributed by atoms with E-state index in [0.29, 0.717) is 25.2 Å². The normalized spacial score (nSPS) is 17.3. The van der Waals surface area contributed by atoms with Gasteiger partial charge in [0.15, 0.2) is 0 Å². The molecule has 128 valence electrons. The first kappa shape index (κ1) is 17.0. The molecule has 1 aliphatic heterocycles. The summed E-state index contributed by atoms with van der Waals surface area (Å²) in [5.74, 6) is -1.05. The first-order valence-electron chi connectivity index (χ1n) is 8.26. The van der Waals surface area contributed by atoms with Crippen LogP contribution >= 0.6 is 0 Å². The molecular weight excluding hydrogens is 310 g/mol. The lowest BCUT2D eigenvalue weighted by Crippen LogP contribution is -2.64. The number of ether oxygens (including phenoxy) is 1. The number of nitrogens with one attached hydrogen (secondary N) is 1. The Morgan fingerprint density at radius 3 is 2.71 bits per heavy atom. The fraction of sp³-hybridized carbons (Fsp3) is 0.421. The number of benzene rings is 1. The summed E-state index contributed by atoms with van der Waals surface area (Å²) in [6.07, 6.45) is 4.11. The van der Waals surface area contributed by atoms with Crippen molar-refractivity contribution in [3.63, 3.8) is 0 Å². The third kappa shape index (κ3) is 4.16. The van der Waals surface area contributed by atoms with Gasteiger partial charge in [-0.3, -0.25) is 4.98 Å². The number of aromatic nitrogens is 1. The molecule has 24 heavy (non-hydrogen) atoms. The lowest BCUT2D eigenvalue weighted by molar-refractivity contribution is -0.0790. The van der Waals surface area contributed by atoms with Crippen LogP contribution in [0.4, 0.5) is 8.78 Å². The van der Waals surface area contributed by atoms with Crippen LogP contribution in [0, 0.1) is 11.6 Å². The van der Waals surface area contributed by atoms with Gasteiger partial charge in [-0.1, -0.05) is 12.1 Å². The highest BCUT2D eigenvalue weighted by Crippen LogP contribution is 2.25. The second-order valence-electron chi connectivity index (χ2n) is 6.59. The number of pyridine rings is 1. The van der Waals surface area contributed by atoms with Crippen molar-refractivity contribution < 1.29 is 13.5 Å². The van der Waals surface area contributed by atoms with Gasteiger partial charge in [-0.2, -0.15) is 0 Å². The Labute approximate surface area is 141 Å². The third-order valence-corrected chi connectivity index (χ3v) is 4.41. The lowest BCUT2D eigenvalue weighted by atomic mass is 9.87. The Bertz CT molecular complexity index is 674. The van der Waals surface area contributed by atoms with E-state index in [2.05, 4.69) is 17.2 Å². The van der Waals surface area contributed by atoms with Crippen LogP contribution in [0.15, 0.2) is 42.6 Å². The number of rotatable bonds is 7. The predicted octanol–water partition coefficient (Wildman–Crippen LogP) is 3.28. The number of hydrogen-bond acceptors (Lipinski definition) is 3. The summed E-state index contributed by atoms with van der Waals surface area (Å²) in [5, 5.41) is 3.58. The van der Waals surface area contributed by atoms with Crippen molar-refractivity contribution >= 4 is 0 Å². The highest BCUT2D eigenvalue weighted by Gasteiger charge is 2.40. The average molecular weight is 332 g/mol. The van der Waals surface area contributed by atoms with Crippen LogP contribution in [-0.4, -0.2) is 29.8 Å². The highest BCUT2D eigenvalue weighted by atomic mass is 19.1. The van der Waals surface area contributed by atoms with E-state index >= 15 is 0 Å². The van der Waals surface area contributed by atoms with Crippen molar-refractivity contribution in [1.29, 1.82) is 0 Å². The van der Waals surface area contributed by atoms with Crippen LogP contribution in [0.3, 0.4) is 0 Å². The Balaban J connectivity index is 1.58. The summed E-state index contributed by atoms with van der Waals surface area (Å²) in [6, 6.07) is 9.92. The highest BCUT2D eigenvalue weighted by molar-refractivity contribution is 5.22. The largest absolute Gasteiger partial charge is 0.377 e. The molecule has 0 saturated carbocycles. The number of aryl methyl sites for hydroxylation is 1. The average Bonchev–Trinajstić information content (AvgIpc) is 2.54. The number of halogens is 2. The summed E-state index contributed by atoms with van der Waals surface area (Å²) in [5.41, 5.74) is 1.31. The molecule has 1 aromatic carbocycles. The van der Waals surface area contributed by atoms with Crippen LogP contribution in [0.25, 0.3) is 0 Å². The van der Waals surface area contributed by atoms with Crippen LogP contribution in [-0.2, 0) is 17.6 Å². The van der Waals surface area contributed by atoms with Gasteiger partial charge >= 0.3 is 0 Å². The van der Waals surface area contributed by atoms with Gasteiger partial charge < -0.3 is 10.1 Å². The number of nitrogens with zero attached hydrogens (tertiary/aromatic N) is 1. The van der Waals surface area contributed by atoms with Crippen LogP contribution in [0.1, 0.15) is 24.6 Å². The molecule has 2 aromatic rings. The fourth-order valence-corrected chi connectivity index (χ4v) is 3.12. The number of hydrogen-bond donors (Lipinski definition) is 1. The van der Waals surface area contributed by atoms with Crippen molar-refractivity contribution in [2.75, 3.05) is 13.2 Å². The molecule has 1 unspecified atom stereocenters. The molecule has 1 aliphatic rings. The van der Waals surface area contributed by atoms with E-state index in [-0.39, 0.29) is 11.6 Å². The molecule has 0 bridgehead atoms. The van der Waals surface area contributed by atoms with Crippen molar-refractivity contribution in [1.82, 2.24) is 10.3 Å². The van der Waals surface area contributed by atoms with Crippen LogP contribution < -0.4 is 5.32 Å². The van der Waals surface area contributed by atoms with Crippen molar-refractivity contribution in [3.8, 4) is 0 Å². The molecule has 0 aliphatic carbocycles. The zero-order valence-corrected chi connectivity index (χ0v) is 13.8. The zero-order valence-electron chi connectivity index (χ0n) is 13.8. The Morgan fingerprint density at radius 2 is 2.08 bits per heavy atom. The fourth-order valence-electron chi connectivity index (χ4n) is 3.12. The SMILES string of the molecule is CC(CCc1ccccn1)NC1(Cc2ccc(F)cc2F)COC1. The molecule has 1 N–H and O–H groups in total. The van der Waals surface area contributed by atoms with Gasteiger partial charge in [0.2, 0.25) is 0 Å². The molecule has 0 radical (unpaired) electrons. The van der Waals surface area contributed by atoms with E-state index in [1.54, 1.807) is 6.20 Å². The van der Waals surface area contributed by atoms with Gasteiger partial charge in [-0.15, -0.1) is 0 Å². The third-order valence-electron chi connectivity index (χ3n) is 4.41. The van der Waals surface area contributed by atoms with Gasteiger partial charge in [-0.25, -0.2) is 8.78 Å². The standard InChI is InChI=1S/C19H22F2N2O/c1-14(5-8-17-4-2-3-9-22-17)23-19(12-24-13-19)11-15-6-7-16(20)10-18(15)21/h2-4,6-7,9-10,14,23H,5,8,11-13H2,1H3. The minimum absolute atomic E-state index is 0.249.